The number of hydrogen-bond acceptors (Lipinski definition) is 0. The molecular weight excluding hydrogens is 234 g/mol. The summed E-state index contributed by atoms with van der Waals surface area (Å²) in [6, 6.07) is 7.22. The number of alkyl halides is 1. The van der Waals surface area contributed by atoms with Gasteiger partial charge in [0, 0.05) is 11.4 Å². The predicted octanol–water partition coefficient (Wildman–Crippen LogP) is 4.75. The van der Waals surface area contributed by atoms with Crippen LogP contribution in [0.4, 0.5) is 4.39 Å². The summed E-state index contributed by atoms with van der Waals surface area (Å²) in [7, 11) is 0. The Kier molecular flexibility index (Phi) is 4.62. The zero-order chi connectivity index (χ0) is 11.4. The van der Waals surface area contributed by atoms with Gasteiger partial charge in [-0.05, 0) is 25.5 Å². The lowest BCUT2D eigenvalue weighted by Crippen LogP contribution is -2.06. The highest BCUT2D eigenvalue weighted by atomic mass is 35.5. The first kappa shape index (κ1) is 12.5. The number of hydrogen-bond donors (Lipinski definition) is 0. The fraction of sp³-hybridized carbons (Fsp3) is 0.333. The van der Waals surface area contributed by atoms with Gasteiger partial charge >= 0.3 is 0 Å². The monoisotopic (exact) mass is 246 g/mol. The van der Waals surface area contributed by atoms with E-state index >= 15 is 0 Å². The van der Waals surface area contributed by atoms with E-state index in [9.17, 15) is 4.39 Å². The Hall–Kier alpha value is -0.530. The predicted molar refractivity (Wildman–Crippen MR) is 64.3 cm³/mol. The Bertz CT molecular complexity index is 368. The molecule has 0 aromatic heterocycles. The third-order valence-electron chi connectivity index (χ3n) is 2.11. The average molecular weight is 247 g/mol. The summed E-state index contributed by atoms with van der Waals surface area (Å²) in [6.07, 6.45) is -0.944. The van der Waals surface area contributed by atoms with Crippen LogP contribution in [0.25, 0.3) is 0 Å². The second-order valence-electron chi connectivity index (χ2n) is 3.61. The van der Waals surface area contributed by atoms with Crippen LogP contribution in [0.3, 0.4) is 0 Å². The smallest absolute Gasteiger partial charge is 0.140 e. The Morgan fingerprint density at radius 2 is 1.93 bits per heavy atom. The molecule has 82 valence electrons. The third-order valence-corrected chi connectivity index (χ3v) is 3.09. The molecule has 0 amide bonds. The molecule has 0 saturated heterocycles. The summed E-state index contributed by atoms with van der Waals surface area (Å²) in [5, 5.41) is 0.855. The van der Waals surface area contributed by atoms with Crippen LogP contribution >= 0.6 is 23.2 Å². The van der Waals surface area contributed by atoms with Crippen molar-refractivity contribution in [2.45, 2.75) is 26.4 Å². The number of benzene rings is 1. The molecule has 3 heteroatoms. The molecule has 1 atom stereocenters. The van der Waals surface area contributed by atoms with Crippen molar-refractivity contribution in [3.63, 3.8) is 0 Å². The Labute approximate surface area is 99.7 Å². The number of allylic oxidation sites excluding steroid dienone is 2. The molecule has 0 radical (unpaired) electrons. The van der Waals surface area contributed by atoms with Gasteiger partial charge < -0.3 is 0 Å². The molecule has 1 aromatic rings. The Balaban J connectivity index is 2.80. The lowest BCUT2D eigenvalue weighted by Gasteiger charge is -2.10. The highest BCUT2D eigenvalue weighted by Gasteiger charge is 2.14. The molecule has 0 nitrogen and oxygen atoms in total. The second-order valence-corrected chi connectivity index (χ2v) is 4.43. The number of rotatable bonds is 3. The van der Waals surface area contributed by atoms with E-state index in [1.54, 1.807) is 19.9 Å². The van der Waals surface area contributed by atoms with Crippen molar-refractivity contribution in [1.82, 2.24) is 0 Å². The van der Waals surface area contributed by atoms with E-state index in [0.29, 0.717) is 5.02 Å². The Morgan fingerprint density at radius 1 is 1.33 bits per heavy atom. The molecule has 0 N–H and O–H groups in total. The summed E-state index contributed by atoms with van der Waals surface area (Å²) >= 11 is 11.8. The van der Waals surface area contributed by atoms with Crippen molar-refractivity contribution >= 4 is 23.2 Å². The van der Waals surface area contributed by atoms with Gasteiger partial charge in [-0.15, -0.1) is 0 Å². The minimum Gasteiger partial charge on any atom is -0.241 e. The minimum atomic E-state index is -1.17. The summed E-state index contributed by atoms with van der Waals surface area (Å²) in [5.74, 6) is 0. The second kappa shape index (κ2) is 5.53. The van der Waals surface area contributed by atoms with Crippen molar-refractivity contribution in [1.29, 1.82) is 0 Å². The maximum absolute atomic E-state index is 13.7. The van der Waals surface area contributed by atoms with E-state index < -0.39 is 6.17 Å². The summed E-state index contributed by atoms with van der Waals surface area (Å²) in [6.45, 7) is 3.59. The van der Waals surface area contributed by atoms with E-state index in [0.717, 1.165) is 11.1 Å². The van der Waals surface area contributed by atoms with Crippen LogP contribution in [0.15, 0.2) is 34.9 Å². The van der Waals surface area contributed by atoms with Crippen LogP contribution in [-0.4, -0.2) is 6.17 Å². The third kappa shape index (κ3) is 3.51. The van der Waals surface area contributed by atoms with Gasteiger partial charge in [-0.3, -0.25) is 0 Å². The van der Waals surface area contributed by atoms with E-state index in [1.165, 1.54) is 0 Å². The molecule has 0 heterocycles. The van der Waals surface area contributed by atoms with Gasteiger partial charge in [-0.25, -0.2) is 4.39 Å². The number of halogens is 3. The average Bonchev–Trinajstić information content (AvgIpc) is 2.20. The first-order valence-electron chi connectivity index (χ1n) is 4.72. The van der Waals surface area contributed by atoms with Crippen LogP contribution < -0.4 is 0 Å². The van der Waals surface area contributed by atoms with Crippen LogP contribution in [-0.2, 0) is 6.42 Å². The van der Waals surface area contributed by atoms with Crippen LogP contribution in [0.2, 0.25) is 5.02 Å². The molecule has 0 aliphatic heterocycles. The summed E-state index contributed by atoms with van der Waals surface area (Å²) in [5.41, 5.74) is 1.59. The fourth-order valence-electron chi connectivity index (χ4n) is 1.26. The highest BCUT2D eigenvalue weighted by Crippen LogP contribution is 2.24. The van der Waals surface area contributed by atoms with Crippen molar-refractivity contribution in [2.24, 2.45) is 0 Å². The van der Waals surface area contributed by atoms with Crippen molar-refractivity contribution in [3.8, 4) is 0 Å². The van der Waals surface area contributed by atoms with E-state index in [4.69, 9.17) is 23.2 Å². The van der Waals surface area contributed by atoms with E-state index in [-0.39, 0.29) is 11.5 Å². The van der Waals surface area contributed by atoms with Crippen molar-refractivity contribution < 1.29 is 4.39 Å². The lowest BCUT2D eigenvalue weighted by atomic mass is 10.1. The van der Waals surface area contributed by atoms with Gasteiger partial charge in [-0.1, -0.05) is 47.0 Å². The quantitative estimate of drug-likeness (QED) is 0.722. The van der Waals surface area contributed by atoms with Gasteiger partial charge in [0.15, 0.2) is 0 Å². The van der Waals surface area contributed by atoms with Gasteiger partial charge in [0.25, 0.3) is 0 Å². The van der Waals surface area contributed by atoms with Gasteiger partial charge in [0.05, 0.1) is 5.03 Å². The Morgan fingerprint density at radius 3 is 2.47 bits per heavy atom. The normalized spacial score (nSPS) is 12.3. The largest absolute Gasteiger partial charge is 0.241 e. The van der Waals surface area contributed by atoms with Crippen LogP contribution in [0.5, 0.6) is 0 Å². The van der Waals surface area contributed by atoms with Crippen LogP contribution in [0.1, 0.15) is 19.4 Å². The summed E-state index contributed by atoms with van der Waals surface area (Å²) in [4.78, 5) is 0. The topological polar surface area (TPSA) is 0 Å². The maximum Gasteiger partial charge on any atom is 0.140 e. The lowest BCUT2D eigenvalue weighted by molar-refractivity contribution is 0.390. The zero-order valence-electron chi connectivity index (χ0n) is 8.73. The molecule has 0 bridgehead atoms. The van der Waals surface area contributed by atoms with Crippen molar-refractivity contribution in [2.75, 3.05) is 0 Å². The molecule has 0 fully saturated rings. The van der Waals surface area contributed by atoms with Crippen molar-refractivity contribution in [3.05, 3.63) is 45.5 Å². The summed E-state index contributed by atoms with van der Waals surface area (Å²) < 4.78 is 13.7. The van der Waals surface area contributed by atoms with Gasteiger partial charge in [-0.2, -0.15) is 0 Å². The molecule has 0 spiro atoms. The van der Waals surface area contributed by atoms with Gasteiger partial charge in [0.2, 0.25) is 0 Å². The first-order valence-corrected chi connectivity index (χ1v) is 5.48. The van der Waals surface area contributed by atoms with E-state index in [1.807, 2.05) is 18.2 Å². The molecular formula is C12H13Cl2F. The molecule has 1 rings (SSSR count). The van der Waals surface area contributed by atoms with Crippen LogP contribution in [0, 0.1) is 0 Å². The molecule has 1 unspecified atom stereocenters. The maximum atomic E-state index is 13.7. The zero-order valence-corrected chi connectivity index (χ0v) is 10.2. The van der Waals surface area contributed by atoms with E-state index in [2.05, 4.69) is 0 Å². The molecule has 0 saturated carbocycles. The fourth-order valence-corrected chi connectivity index (χ4v) is 1.55. The highest BCUT2D eigenvalue weighted by molar-refractivity contribution is 6.31. The molecule has 15 heavy (non-hydrogen) atoms. The standard InChI is InChI=1S/C12H13Cl2F/c1-8(2)12(14)11(15)7-9-5-3-4-6-10(9)13/h3-6,11H,7H2,1-2H3. The van der Waals surface area contributed by atoms with Gasteiger partial charge in [0.1, 0.15) is 6.17 Å². The molecule has 0 aliphatic carbocycles. The first-order chi connectivity index (χ1) is 7.02. The minimum absolute atomic E-state index is 0.226. The molecule has 1 aromatic carbocycles. The SMILES string of the molecule is CC(C)=C(Cl)C(F)Cc1ccccc1Cl. The molecule has 0 aliphatic rings.